The Morgan fingerprint density at radius 2 is 1.62 bits per heavy atom. The van der Waals surface area contributed by atoms with E-state index in [1.807, 2.05) is 30.6 Å². The van der Waals surface area contributed by atoms with Gasteiger partial charge in [0.1, 0.15) is 0 Å². The molecule has 1 heterocycles. The summed E-state index contributed by atoms with van der Waals surface area (Å²) in [6.45, 7) is 0. The Hall–Kier alpha value is -2.59. The smallest absolute Gasteiger partial charge is 0.162 e. The first kappa shape index (κ1) is 19.7. The van der Waals surface area contributed by atoms with Crippen LogP contribution in [0.5, 0.6) is 11.5 Å². The summed E-state index contributed by atoms with van der Waals surface area (Å²) in [7, 11) is 1.69. The van der Waals surface area contributed by atoms with Crippen molar-refractivity contribution in [2.75, 3.05) is 7.11 Å². The van der Waals surface area contributed by atoms with Crippen LogP contribution in [0.1, 0.15) is 42.4 Å². The molecule has 4 heteroatoms. The molecule has 1 fully saturated rings. The van der Waals surface area contributed by atoms with Gasteiger partial charge in [-0.2, -0.15) is 0 Å². The largest absolute Gasteiger partial charge is 0.493 e. The molecule has 0 bridgehead atoms. The SMILES string of the molecule is COc1ccc(/C(=C/c2ccncc2)c2ccc(Br)cc2)cc1OC1CCCC1. The number of hydrogen-bond acceptors (Lipinski definition) is 3. The molecule has 3 nitrogen and oxygen atoms in total. The van der Waals surface area contributed by atoms with Gasteiger partial charge in [0.15, 0.2) is 11.5 Å². The van der Waals surface area contributed by atoms with E-state index in [1.54, 1.807) is 7.11 Å². The second kappa shape index (κ2) is 9.27. The molecule has 0 N–H and O–H groups in total. The summed E-state index contributed by atoms with van der Waals surface area (Å²) in [4.78, 5) is 4.13. The Morgan fingerprint density at radius 1 is 0.931 bits per heavy atom. The van der Waals surface area contributed by atoms with E-state index >= 15 is 0 Å². The van der Waals surface area contributed by atoms with Gasteiger partial charge < -0.3 is 9.47 Å². The predicted octanol–water partition coefficient (Wildman–Crippen LogP) is 6.76. The van der Waals surface area contributed by atoms with E-state index < -0.39 is 0 Å². The van der Waals surface area contributed by atoms with Crippen LogP contribution in [0.25, 0.3) is 11.6 Å². The first-order valence-corrected chi connectivity index (χ1v) is 10.7. The van der Waals surface area contributed by atoms with Crippen LogP contribution in [-0.4, -0.2) is 18.2 Å². The summed E-state index contributed by atoms with van der Waals surface area (Å²) in [5, 5.41) is 0. The molecule has 0 radical (unpaired) electrons. The van der Waals surface area contributed by atoms with Crippen LogP contribution < -0.4 is 9.47 Å². The number of aromatic nitrogens is 1. The van der Waals surface area contributed by atoms with Crippen molar-refractivity contribution in [3.05, 3.63) is 88.2 Å². The molecule has 148 valence electrons. The fraction of sp³-hybridized carbons (Fsp3) is 0.240. The van der Waals surface area contributed by atoms with Gasteiger partial charge in [0.2, 0.25) is 0 Å². The molecule has 3 aromatic rings. The second-order valence-corrected chi connectivity index (χ2v) is 8.15. The number of hydrogen-bond donors (Lipinski definition) is 0. The molecule has 0 spiro atoms. The molecule has 0 atom stereocenters. The van der Waals surface area contributed by atoms with Gasteiger partial charge >= 0.3 is 0 Å². The van der Waals surface area contributed by atoms with E-state index in [-0.39, 0.29) is 6.10 Å². The van der Waals surface area contributed by atoms with Gasteiger partial charge in [-0.05, 0) is 90.4 Å². The normalized spacial score (nSPS) is 14.8. The lowest BCUT2D eigenvalue weighted by atomic mass is 9.95. The second-order valence-electron chi connectivity index (χ2n) is 7.24. The number of halogens is 1. The molecular formula is C25H24BrNO2. The molecular weight excluding hydrogens is 426 g/mol. The lowest BCUT2D eigenvalue weighted by Gasteiger charge is -2.18. The van der Waals surface area contributed by atoms with Crippen LogP contribution in [0.2, 0.25) is 0 Å². The molecule has 1 saturated carbocycles. The first-order chi connectivity index (χ1) is 14.2. The highest BCUT2D eigenvalue weighted by atomic mass is 79.9. The molecule has 0 amide bonds. The van der Waals surface area contributed by atoms with Crippen LogP contribution >= 0.6 is 15.9 Å². The van der Waals surface area contributed by atoms with Gasteiger partial charge in [0.05, 0.1) is 13.2 Å². The summed E-state index contributed by atoms with van der Waals surface area (Å²) in [6.07, 6.45) is 10.8. The van der Waals surface area contributed by atoms with E-state index in [0.29, 0.717) is 0 Å². The summed E-state index contributed by atoms with van der Waals surface area (Å²) in [5.74, 6) is 1.59. The van der Waals surface area contributed by atoms with Crippen molar-refractivity contribution in [2.45, 2.75) is 31.8 Å². The number of benzene rings is 2. The van der Waals surface area contributed by atoms with E-state index in [9.17, 15) is 0 Å². The summed E-state index contributed by atoms with van der Waals surface area (Å²) in [5.41, 5.74) is 4.47. The van der Waals surface area contributed by atoms with E-state index in [4.69, 9.17) is 9.47 Å². The van der Waals surface area contributed by atoms with Crippen molar-refractivity contribution in [1.29, 1.82) is 0 Å². The van der Waals surface area contributed by atoms with Crippen molar-refractivity contribution in [2.24, 2.45) is 0 Å². The quantitative estimate of drug-likeness (QED) is 0.416. The Labute approximate surface area is 180 Å². The lowest BCUT2D eigenvalue weighted by Crippen LogP contribution is -2.11. The van der Waals surface area contributed by atoms with Gasteiger partial charge in [-0.15, -0.1) is 0 Å². The van der Waals surface area contributed by atoms with Crippen molar-refractivity contribution in [1.82, 2.24) is 4.98 Å². The minimum absolute atomic E-state index is 0.277. The zero-order valence-corrected chi connectivity index (χ0v) is 18.1. The van der Waals surface area contributed by atoms with Crippen molar-refractivity contribution >= 4 is 27.6 Å². The minimum Gasteiger partial charge on any atom is -0.493 e. The molecule has 1 aliphatic carbocycles. The third-order valence-corrected chi connectivity index (χ3v) is 5.77. The zero-order valence-electron chi connectivity index (χ0n) is 16.5. The summed E-state index contributed by atoms with van der Waals surface area (Å²) >= 11 is 3.53. The van der Waals surface area contributed by atoms with E-state index in [2.05, 4.69) is 63.4 Å². The zero-order chi connectivity index (χ0) is 20.1. The van der Waals surface area contributed by atoms with Crippen LogP contribution in [0, 0.1) is 0 Å². The van der Waals surface area contributed by atoms with Crippen molar-refractivity contribution in [3.63, 3.8) is 0 Å². The van der Waals surface area contributed by atoms with Gasteiger partial charge in [0.25, 0.3) is 0 Å². The van der Waals surface area contributed by atoms with E-state index in [1.165, 1.54) is 12.8 Å². The average molecular weight is 450 g/mol. The van der Waals surface area contributed by atoms with Gasteiger partial charge in [-0.1, -0.05) is 34.1 Å². The number of pyridine rings is 1. The molecule has 0 aliphatic heterocycles. The highest BCUT2D eigenvalue weighted by molar-refractivity contribution is 9.10. The minimum atomic E-state index is 0.277. The van der Waals surface area contributed by atoms with Crippen LogP contribution in [-0.2, 0) is 0 Å². The van der Waals surface area contributed by atoms with E-state index in [0.717, 1.165) is 51.1 Å². The monoisotopic (exact) mass is 449 g/mol. The van der Waals surface area contributed by atoms with Gasteiger partial charge in [-0.25, -0.2) is 0 Å². The average Bonchev–Trinajstić information content (AvgIpc) is 3.27. The third-order valence-electron chi connectivity index (χ3n) is 5.24. The predicted molar refractivity (Wildman–Crippen MR) is 121 cm³/mol. The Bertz CT molecular complexity index is 977. The molecule has 0 saturated heterocycles. The topological polar surface area (TPSA) is 31.4 Å². The fourth-order valence-corrected chi connectivity index (χ4v) is 3.98. The number of methoxy groups -OCH3 is 1. The molecule has 0 unspecified atom stereocenters. The Balaban J connectivity index is 1.77. The third kappa shape index (κ3) is 4.88. The fourth-order valence-electron chi connectivity index (χ4n) is 3.71. The molecule has 1 aromatic heterocycles. The molecule has 4 rings (SSSR count). The van der Waals surface area contributed by atoms with Gasteiger partial charge in [0, 0.05) is 16.9 Å². The van der Waals surface area contributed by atoms with Crippen LogP contribution in [0.15, 0.2) is 71.5 Å². The van der Waals surface area contributed by atoms with Crippen molar-refractivity contribution < 1.29 is 9.47 Å². The number of nitrogens with zero attached hydrogens (tertiary/aromatic N) is 1. The highest BCUT2D eigenvalue weighted by Crippen LogP contribution is 2.36. The maximum atomic E-state index is 6.32. The maximum Gasteiger partial charge on any atom is 0.162 e. The van der Waals surface area contributed by atoms with Crippen LogP contribution in [0.3, 0.4) is 0 Å². The van der Waals surface area contributed by atoms with Crippen LogP contribution in [0.4, 0.5) is 0 Å². The maximum absolute atomic E-state index is 6.32. The highest BCUT2D eigenvalue weighted by Gasteiger charge is 2.19. The number of ether oxygens (including phenoxy) is 2. The molecule has 1 aliphatic rings. The Morgan fingerprint density at radius 3 is 2.31 bits per heavy atom. The summed E-state index contributed by atoms with van der Waals surface area (Å²) in [6, 6.07) is 18.6. The first-order valence-electron chi connectivity index (χ1n) is 9.95. The lowest BCUT2D eigenvalue weighted by molar-refractivity contribution is 0.201. The number of rotatable bonds is 6. The summed E-state index contributed by atoms with van der Waals surface area (Å²) < 4.78 is 13.0. The molecule has 2 aromatic carbocycles. The Kier molecular flexibility index (Phi) is 6.30. The van der Waals surface area contributed by atoms with Gasteiger partial charge in [-0.3, -0.25) is 4.98 Å². The molecule has 29 heavy (non-hydrogen) atoms. The van der Waals surface area contributed by atoms with Crippen molar-refractivity contribution in [3.8, 4) is 11.5 Å². The standard InChI is InChI=1S/C25H24BrNO2/c1-28-24-11-8-20(17-25(24)29-22-4-2-3-5-22)23(16-18-12-14-27-15-13-18)19-6-9-21(26)10-7-19/h6-17,22H,2-5H2,1H3/b23-16+.